The summed E-state index contributed by atoms with van der Waals surface area (Å²) in [6, 6.07) is 17.8. The zero-order chi connectivity index (χ0) is 17.6. The first kappa shape index (κ1) is 18.3. The number of hydrogen-bond acceptors (Lipinski definition) is 3. The van der Waals surface area contributed by atoms with E-state index in [4.69, 9.17) is 11.6 Å². The second-order valence-corrected chi connectivity index (χ2v) is 7.98. The van der Waals surface area contributed by atoms with Gasteiger partial charge in [0.05, 0.1) is 5.02 Å². The number of nitrogens with one attached hydrogen (secondary N) is 2. The standard InChI is InChI=1S/C20H23ClN2OS/c1-14-13-22-12-11-17(14)23-20(24)19(15-7-3-2-4-8-15)25-18-10-6-5-9-16(18)21/h2-10,14,17,19,22H,11-13H2,1H3,(H,23,24). The van der Waals surface area contributed by atoms with E-state index in [1.165, 1.54) is 11.8 Å². The first-order chi connectivity index (χ1) is 12.1. The normalized spacial score (nSPS) is 21.5. The van der Waals surface area contributed by atoms with Gasteiger partial charge in [-0.25, -0.2) is 0 Å². The highest BCUT2D eigenvalue weighted by Gasteiger charge is 2.28. The van der Waals surface area contributed by atoms with E-state index >= 15 is 0 Å². The van der Waals surface area contributed by atoms with Crippen molar-refractivity contribution in [3.63, 3.8) is 0 Å². The minimum absolute atomic E-state index is 0.0508. The summed E-state index contributed by atoms with van der Waals surface area (Å²) in [4.78, 5) is 14.0. The fourth-order valence-corrected chi connectivity index (χ4v) is 4.38. The molecule has 3 atom stereocenters. The lowest BCUT2D eigenvalue weighted by molar-refractivity contribution is -0.121. The summed E-state index contributed by atoms with van der Waals surface area (Å²) >= 11 is 7.82. The third kappa shape index (κ3) is 4.78. The Morgan fingerprint density at radius 3 is 2.64 bits per heavy atom. The van der Waals surface area contributed by atoms with Crippen LogP contribution in [0.3, 0.4) is 0 Å². The molecule has 1 aliphatic rings. The van der Waals surface area contributed by atoms with Gasteiger partial charge in [-0.3, -0.25) is 4.79 Å². The van der Waals surface area contributed by atoms with Gasteiger partial charge in [-0.1, -0.05) is 61.0 Å². The van der Waals surface area contributed by atoms with Crippen molar-refractivity contribution < 1.29 is 4.79 Å². The van der Waals surface area contributed by atoms with E-state index in [9.17, 15) is 4.79 Å². The third-order valence-corrected chi connectivity index (χ3v) is 6.31. The summed E-state index contributed by atoms with van der Waals surface area (Å²) in [5.41, 5.74) is 0.992. The number of carbonyl (C=O) groups is 1. The SMILES string of the molecule is CC1CNCCC1NC(=O)C(Sc1ccccc1Cl)c1ccccc1. The van der Waals surface area contributed by atoms with Crippen LogP contribution in [0.1, 0.15) is 24.2 Å². The van der Waals surface area contributed by atoms with Crippen molar-refractivity contribution in [2.24, 2.45) is 5.92 Å². The van der Waals surface area contributed by atoms with Gasteiger partial charge in [0.15, 0.2) is 0 Å². The Hall–Kier alpha value is -1.49. The largest absolute Gasteiger partial charge is 0.352 e. The molecule has 1 heterocycles. The zero-order valence-corrected chi connectivity index (χ0v) is 15.8. The maximum atomic E-state index is 13.1. The number of amides is 1. The number of benzene rings is 2. The van der Waals surface area contributed by atoms with Gasteiger partial charge in [0.2, 0.25) is 5.91 Å². The molecule has 1 aliphatic heterocycles. The van der Waals surface area contributed by atoms with Crippen LogP contribution in [0.25, 0.3) is 0 Å². The van der Waals surface area contributed by atoms with E-state index in [0.29, 0.717) is 10.9 Å². The van der Waals surface area contributed by atoms with E-state index in [1.54, 1.807) is 0 Å². The van der Waals surface area contributed by atoms with Crippen molar-refractivity contribution in [3.05, 3.63) is 65.2 Å². The molecule has 0 radical (unpaired) electrons. The summed E-state index contributed by atoms with van der Waals surface area (Å²) in [6.07, 6.45) is 0.963. The molecule has 0 bridgehead atoms. The first-order valence-electron chi connectivity index (χ1n) is 8.62. The second kappa shape index (κ2) is 8.75. The van der Waals surface area contributed by atoms with Gasteiger partial charge in [0.25, 0.3) is 0 Å². The van der Waals surface area contributed by atoms with Crippen LogP contribution in [-0.2, 0) is 4.79 Å². The van der Waals surface area contributed by atoms with E-state index in [2.05, 4.69) is 17.6 Å². The molecule has 132 valence electrons. The smallest absolute Gasteiger partial charge is 0.238 e. The van der Waals surface area contributed by atoms with E-state index in [0.717, 1.165) is 30.0 Å². The molecule has 0 aromatic heterocycles. The number of carbonyl (C=O) groups excluding carboxylic acids is 1. The van der Waals surface area contributed by atoms with E-state index in [1.807, 2.05) is 54.6 Å². The van der Waals surface area contributed by atoms with Crippen LogP contribution in [0.5, 0.6) is 0 Å². The molecule has 2 aromatic rings. The zero-order valence-electron chi connectivity index (χ0n) is 14.2. The van der Waals surface area contributed by atoms with Crippen LogP contribution in [0.2, 0.25) is 5.02 Å². The monoisotopic (exact) mass is 374 g/mol. The lowest BCUT2D eigenvalue weighted by Gasteiger charge is -2.31. The second-order valence-electron chi connectivity index (χ2n) is 6.42. The van der Waals surface area contributed by atoms with Gasteiger partial charge >= 0.3 is 0 Å². The van der Waals surface area contributed by atoms with Gasteiger partial charge in [-0.15, -0.1) is 11.8 Å². The van der Waals surface area contributed by atoms with Crippen molar-refractivity contribution in [3.8, 4) is 0 Å². The van der Waals surface area contributed by atoms with Crippen LogP contribution in [0, 0.1) is 5.92 Å². The predicted octanol–water partition coefficient (Wildman–Crippen LogP) is 4.29. The molecule has 3 nitrogen and oxygen atoms in total. The number of thioether (sulfide) groups is 1. The van der Waals surface area contributed by atoms with Crippen molar-refractivity contribution in [2.75, 3.05) is 13.1 Å². The maximum Gasteiger partial charge on any atom is 0.238 e. The molecule has 3 rings (SSSR count). The molecule has 0 aliphatic carbocycles. The van der Waals surface area contributed by atoms with Crippen molar-refractivity contribution in [1.82, 2.24) is 10.6 Å². The Balaban J connectivity index is 1.81. The molecule has 1 fully saturated rings. The van der Waals surface area contributed by atoms with Crippen LogP contribution in [0.4, 0.5) is 0 Å². The van der Waals surface area contributed by atoms with E-state index < -0.39 is 0 Å². The average Bonchev–Trinajstić information content (AvgIpc) is 2.63. The Kier molecular flexibility index (Phi) is 6.40. The Bertz CT molecular complexity index is 710. The molecular formula is C20H23ClN2OS. The van der Waals surface area contributed by atoms with Crippen molar-refractivity contribution in [2.45, 2.75) is 29.5 Å². The Labute approximate surface area is 158 Å². The third-order valence-electron chi connectivity index (χ3n) is 4.53. The summed E-state index contributed by atoms with van der Waals surface area (Å²) in [6.45, 7) is 4.07. The van der Waals surface area contributed by atoms with Crippen molar-refractivity contribution in [1.29, 1.82) is 0 Å². The quantitative estimate of drug-likeness (QED) is 0.767. The van der Waals surface area contributed by atoms with Gasteiger partial charge < -0.3 is 10.6 Å². The fourth-order valence-electron chi connectivity index (χ4n) is 3.05. The molecule has 1 saturated heterocycles. The summed E-state index contributed by atoms with van der Waals surface area (Å²) in [5, 5.41) is 7.00. The maximum absolute atomic E-state index is 13.1. The van der Waals surface area contributed by atoms with Gasteiger partial charge in [-0.2, -0.15) is 0 Å². The molecular weight excluding hydrogens is 352 g/mol. The summed E-state index contributed by atoms with van der Waals surface area (Å²) in [7, 11) is 0. The highest BCUT2D eigenvalue weighted by Crippen LogP contribution is 2.39. The van der Waals surface area contributed by atoms with Crippen LogP contribution in [-0.4, -0.2) is 25.0 Å². The molecule has 0 saturated carbocycles. The Morgan fingerprint density at radius 2 is 1.92 bits per heavy atom. The molecule has 25 heavy (non-hydrogen) atoms. The highest BCUT2D eigenvalue weighted by molar-refractivity contribution is 8.00. The van der Waals surface area contributed by atoms with Gasteiger partial charge in [0, 0.05) is 10.9 Å². The highest BCUT2D eigenvalue weighted by atomic mass is 35.5. The van der Waals surface area contributed by atoms with Crippen LogP contribution < -0.4 is 10.6 Å². The summed E-state index contributed by atoms with van der Waals surface area (Å²) < 4.78 is 0. The number of halogens is 1. The number of rotatable bonds is 5. The van der Waals surface area contributed by atoms with Crippen LogP contribution >= 0.6 is 23.4 Å². The lowest BCUT2D eigenvalue weighted by Crippen LogP contribution is -2.49. The molecule has 2 aromatic carbocycles. The first-order valence-corrected chi connectivity index (χ1v) is 9.88. The van der Waals surface area contributed by atoms with E-state index in [-0.39, 0.29) is 17.2 Å². The molecule has 0 spiro atoms. The van der Waals surface area contributed by atoms with Gasteiger partial charge in [-0.05, 0) is 43.1 Å². The molecule has 5 heteroatoms. The average molecular weight is 375 g/mol. The molecule has 1 amide bonds. The lowest BCUT2D eigenvalue weighted by atomic mass is 9.95. The number of piperidine rings is 1. The molecule has 3 unspecified atom stereocenters. The van der Waals surface area contributed by atoms with Crippen LogP contribution in [0.15, 0.2) is 59.5 Å². The van der Waals surface area contributed by atoms with Gasteiger partial charge in [0.1, 0.15) is 5.25 Å². The van der Waals surface area contributed by atoms with Crippen molar-refractivity contribution >= 4 is 29.3 Å². The fraction of sp³-hybridized carbons (Fsp3) is 0.350. The topological polar surface area (TPSA) is 41.1 Å². The predicted molar refractivity (Wildman–Crippen MR) is 105 cm³/mol. The Morgan fingerprint density at radius 1 is 1.20 bits per heavy atom. The minimum Gasteiger partial charge on any atom is -0.352 e. The summed E-state index contributed by atoms with van der Waals surface area (Å²) in [5.74, 6) is 0.481. The number of hydrogen-bond donors (Lipinski definition) is 2. The minimum atomic E-state index is -0.316. The molecule has 2 N–H and O–H groups in total.